The van der Waals surface area contributed by atoms with Crippen LogP contribution in [0.5, 0.6) is 0 Å². The molecular formula is C23H24N6O. The lowest BCUT2D eigenvalue weighted by molar-refractivity contribution is 0.0996. The lowest BCUT2D eigenvalue weighted by atomic mass is 10.1. The molecule has 152 valence electrons. The lowest BCUT2D eigenvalue weighted by Crippen LogP contribution is -2.24. The van der Waals surface area contributed by atoms with Crippen molar-refractivity contribution in [1.29, 1.82) is 0 Å². The first kappa shape index (κ1) is 18.5. The molecule has 1 saturated carbocycles. The number of carbonyl (C=O) groups excluding carboxylic acids is 1. The van der Waals surface area contributed by atoms with E-state index >= 15 is 0 Å². The van der Waals surface area contributed by atoms with E-state index in [1.165, 1.54) is 12.8 Å². The monoisotopic (exact) mass is 400 g/mol. The Balaban J connectivity index is 1.58. The average molecular weight is 400 g/mol. The van der Waals surface area contributed by atoms with Crippen LogP contribution in [0.25, 0.3) is 22.3 Å². The molecule has 0 bridgehead atoms. The normalized spacial score (nSPS) is 15.3. The van der Waals surface area contributed by atoms with E-state index in [1.807, 2.05) is 38.4 Å². The zero-order valence-corrected chi connectivity index (χ0v) is 17.2. The standard InChI is InChI=1S/C23H24N6O/c1-15-18(14-28(2)27-15)20-13-16(11-12-24-20)22(30)26-23-25-19-9-5-6-10-21(19)29(23)17-7-3-4-8-17/h5-6,9-14,17H,3-4,7-8H2,1-2H3,(H,25,26,30). The molecule has 1 fully saturated rings. The van der Waals surface area contributed by atoms with Crippen molar-refractivity contribution in [3.8, 4) is 11.3 Å². The number of pyridine rings is 1. The molecule has 0 atom stereocenters. The molecule has 1 aliphatic rings. The van der Waals surface area contributed by atoms with Gasteiger partial charge in [0.05, 0.1) is 22.4 Å². The minimum Gasteiger partial charge on any atom is -0.324 e. The third kappa shape index (κ3) is 3.26. The number of benzene rings is 1. The SMILES string of the molecule is Cc1nn(C)cc1-c1cc(C(=O)/N=c2\[nH]c3ccccc3n2C2CCCC2)ccn1. The highest BCUT2D eigenvalue weighted by molar-refractivity contribution is 5.95. The quantitative estimate of drug-likeness (QED) is 0.566. The Labute approximate surface area is 174 Å². The zero-order valence-electron chi connectivity index (χ0n) is 17.2. The Hall–Kier alpha value is -3.48. The molecule has 0 saturated heterocycles. The van der Waals surface area contributed by atoms with E-state index in [0.29, 0.717) is 17.2 Å². The van der Waals surface area contributed by atoms with Gasteiger partial charge in [-0.25, -0.2) is 0 Å². The number of H-pyrrole nitrogens is 1. The fraction of sp³-hybridized carbons (Fsp3) is 0.304. The Morgan fingerprint density at radius 1 is 1.20 bits per heavy atom. The number of hydrogen-bond acceptors (Lipinski definition) is 3. The molecule has 4 aromatic rings. The van der Waals surface area contributed by atoms with Crippen molar-refractivity contribution in [2.75, 3.05) is 0 Å². The summed E-state index contributed by atoms with van der Waals surface area (Å²) in [6.07, 6.45) is 8.22. The molecule has 0 radical (unpaired) electrons. The predicted octanol–water partition coefficient (Wildman–Crippen LogP) is 3.93. The Morgan fingerprint density at radius 2 is 2.00 bits per heavy atom. The van der Waals surface area contributed by atoms with Crippen LogP contribution in [-0.2, 0) is 7.05 Å². The molecule has 0 unspecified atom stereocenters. The van der Waals surface area contributed by atoms with E-state index in [-0.39, 0.29) is 5.91 Å². The van der Waals surface area contributed by atoms with Crippen molar-refractivity contribution in [2.45, 2.75) is 38.6 Å². The number of aromatic amines is 1. The molecule has 1 aromatic carbocycles. The smallest absolute Gasteiger partial charge is 0.280 e. The molecule has 0 aliphatic heterocycles. The number of nitrogens with one attached hydrogen (secondary N) is 1. The van der Waals surface area contributed by atoms with Crippen LogP contribution in [0.1, 0.15) is 47.8 Å². The van der Waals surface area contributed by atoms with Gasteiger partial charge in [-0.15, -0.1) is 0 Å². The number of aryl methyl sites for hydroxylation is 2. The van der Waals surface area contributed by atoms with Crippen molar-refractivity contribution < 1.29 is 4.79 Å². The van der Waals surface area contributed by atoms with Crippen LogP contribution in [0.15, 0.2) is 53.8 Å². The minimum atomic E-state index is -0.279. The van der Waals surface area contributed by atoms with Gasteiger partial charge in [-0.3, -0.25) is 14.5 Å². The van der Waals surface area contributed by atoms with Gasteiger partial charge in [0.15, 0.2) is 0 Å². The Kier molecular flexibility index (Phi) is 4.58. The van der Waals surface area contributed by atoms with Crippen LogP contribution in [-0.4, -0.2) is 30.2 Å². The van der Waals surface area contributed by atoms with Gasteiger partial charge in [-0.1, -0.05) is 25.0 Å². The summed E-state index contributed by atoms with van der Waals surface area (Å²) in [4.78, 5) is 25.4. The fourth-order valence-corrected chi connectivity index (χ4v) is 4.42. The van der Waals surface area contributed by atoms with E-state index in [4.69, 9.17) is 0 Å². The summed E-state index contributed by atoms with van der Waals surface area (Å²) < 4.78 is 3.95. The topological polar surface area (TPSA) is 80.9 Å². The molecule has 5 rings (SSSR count). The number of imidazole rings is 1. The number of rotatable bonds is 3. The van der Waals surface area contributed by atoms with Gasteiger partial charge in [-0.2, -0.15) is 10.1 Å². The fourth-order valence-electron chi connectivity index (χ4n) is 4.42. The van der Waals surface area contributed by atoms with Gasteiger partial charge in [-0.05, 0) is 44.0 Å². The number of aromatic nitrogens is 5. The third-order valence-electron chi connectivity index (χ3n) is 5.83. The van der Waals surface area contributed by atoms with Crippen LogP contribution >= 0.6 is 0 Å². The van der Waals surface area contributed by atoms with Crippen LogP contribution < -0.4 is 5.62 Å². The summed E-state index contributed by atoms with van der Waals surface area (Å²) in [5.74, 6) is -0.279. The second kappa shape index (κ2) is 7.40. The number of para-hydroxylation sites is 2. The van der Waals surface area contributed by atoms with E-state index in [1.54, 1.807) is 23.0 Å². The summed E-state index contributed by atoms with van der Waals surface area (Å²) in [6.45, 7) is 1.94. The van der Waals surface area contributed by atoms with E-state index in [0.717, 1.165) is 40.8 Å². The maximum Gasteiger partial charge on any atom is 0.280 e. The van der Waals surface area contributed by atoms with E-state index in [2.05, 4.69) is 30.7 Å². The summed E-state index contributed by atoms with van der Waals surface area (Å²) in [5, 5.41) is 4.37. The van der Waals surface area contributed by atoms with E-state index in [9.17, 15) is 4.79 Å². The number of fused-ring (bicyclic) bond motifs is 1. The van der Waals surface area contributed by atoms with Crippen LogP contribution in [0.2, 0.25) is 0 Å². The number of carbonyl (C=O) groups is 1. The lowest BCUT2D eigenvalue weighted by Gasteiger charge is -2.12. The number of amides is 1. The van der Waals surface area contributed by atoms with Crippen LogP contribution in [0, 0.1) is 6.92 Å². The van der Waals surface area contributed by atoms with Gasteiger partial charge in [0, 0.05) is 36.6 Å². The van der Waals surface area contributed by atoms with Gasteiger partial charge >= 0.3 is 0 Å². The number of hydrogen-bond donors (Lipinski definition) is 1. The first-order valence-electron chi connectivity index (χ1n) is 10.3. The molecule has 7 heteroatoms. The Bertz CT molecular complexity index is 1300. The van der Waals surface area contributed by atoms with Gasteiger partial charge in [0.1, 0.15) is 0 Å². The molecule has 1 N–H and O–H groups in total. The van der Waals surface area contributed by atoms with Gasteiger partial charge in [0.25, 0.3) is 5.91 Å². The summed E-state index contributed by atoms with van der Waals surface area (Å²) in [5.41, 5.74) is 5.74. The summed E-state index contributed by atoms with van der Waals surface area (Å²) in [6, 6.07) is 12.0. The third-order valence-corrected chi connectivity index (χ3v) is 5.83. The van der Waals surface area contributed by atoms with Crippen molar-refractivity contribution in [2.24, 2.45) is 12.0 Å². The summed E-state index contributed by atoms with van der Waals surface area (Å²) in [7, 11) is 1.87. The Morgan fingerprint density at radius 3 is 2.77 bits per heavy atom. The number of nitrogens with zero attached hydrogens (tertiary/aromatic N) is 5. The highest BCUT2D eigenvalue weighted by atomic mass is 16.1. The highest BCUT2D eigenvalue weighted by Crippen LogP contribution is 2.30. The van der Waals surface area contributed by atoms with Gasteiger partial charge < -0.3 is 9.55 Å². The maximum atomic E-state index is 13.1. The predicted molar refractivity (Wildman–Crippen MR) is 115 cm³/mol. The minimum absolute atomic E-state index is 0.279. The molecular weight excluding hydrogens is 376 g/mol. The maximum absolute atomic E-state index is 13.1. The van der Waals surface area contributed by atoms with Crippen molar-refractivity contribution in [1.82, 2.24) is 24.3 Å². The molecule has 7 nitrogen and oxygen atoms in total. The molecule has 3 aromatic heterocycles. The molecule has 0 spiro atoms. The van der Waals surface area contributed by atoms with E-state index < -0.39 is 0 Å². The molecule has 1 aliphatic carbocycles. The highest BCUT2D eigenvalue weighted by Gasteiger charge is 2.21. The van der Waals surface area contributed by atoms with Crippen LogP contribution in [0.3, 0.4) is 0 Å². The second-order valence-electron chi connectivity index (χ2n) is 7.92. The van der Waals surface area contributed by atoms with Crippen molar-refractivity contribution >= 4 is 16.9 Å². The first-order chi connectivity index (χ1) is 14.6. The van der Waals surface area contributed by atoms with Crippen LogP contribution in [0.4, 0.5) is 0 Å². The average Bonchev–Trinajstić information content (AvgIpc) is 3.46. The van der Waals surface area contributed by atoms with Crippen molar-refractivity contribution in [3.05, 3.63) is 65.7 Å². The first-order valence-corrected chi connectivity index (χ1v) is 10.3. The zero-order chi connectivity index (χ0) is 20.7. The van der Waals surface area contributed by atoms with Gasteiger partial charge in [0.2, 0.25) is 5.62 Å². The molecule has 3 heterocycles. The molecule has 30 heavy (non-hydrogen) atoms. The molecule has 1 amide bonds. The second-order valence-corrected chi connectivity index (χ2v) is 7.92. The van der Waals surface area contributed by atoms with Crippen molar-refractivity contribution in [3.63, 3.8) is 0 Å². The summed E-state index contributed by atoms with van der Waals surface area (Å²) >= 11 is 0. The largest absolute Gasteiger partial charge is 0.324 e.